The van der Waals surface area contributed by atoms with Crippen LogP contribution < -0.4 is 9.64 Å². The number of esters is 1. The summed E-state index contributed by atoms with van der Waals surface area (Å²) in [7, 11) is 6.81. The maximum Gasteiger partial charge on any atom is 0.342 e. The van der Waals surface area contributed by atoms with Crippen molar-refractivity contribution in [2.24, 2.45) is 0 Å². The molecule has 0 heterocycles. The SMILES string of the molecule is COc1ccc([N+](=O)[O-])cc1C(=O)OCC(=O)N(C)Cc1ccc(N(C)C)cc1. The standard InChI is InChI=1S/C20H23N3O6/c1-21(2)15-7-5-14(6-8-15)12-22(3)19(24)13-29-20(25)17-11-16(23(26)27)9-10-18(17)28-4/h5-11H,12-13H2,1-4H3. The first-order chi connectivity index (χ1) is 13.7. The fraction of sp³-hybridized carbons (Fsp3) is 0.300. The molecule has 0 atom stereocenters. The lowest BCUT2D eigenvalue weighted by molar-refractivity contribution is -0.384. The van der Waals surface area contributed by atoms with E-state index in [0.29, 0.717) is 6.54 Å². The van der Waals surface area contributed by atoms with E-state index in [2.05, 4.69) is 0 Å². The average molecular weight is 401 g/mol. The van der Waals surface area contributed by atoms with Crippen LogP contribution in [-0.4, -0.2) is 56.6 Å². The van der Waals surface area contributed by atoms with Gasteiger partial charge in [-0.15, -0.1) is 0 Å². The second-order valence-electron chi connectivity index (χ2n) is 6.53. The molecule has 2 aromatic carbocycles. The van der Waals surface area contributed by atoms with E-state index in [-0.39, 0.29) is 17.0 Å². The Hall–Kier alpha value is -3.62. The second kappa shape index (κ2) is 9.54. The van der Waals surface area contributed by atoms with Gasteiger partial charge < -0.3 is 19.3 Å². The van der Waals surface area contributed by atoms with E-state index in [9.17, 15) is 19.7 Å². The highest BCUT2D eigenvalue weighted by Gasteiger charge is 2.20. The molecule has 0 unspecified atom stereocenters. The molecule has 0 N–H and O–H groups in total. The third kappa shape index (κ3) is 5.68. The van der Waals surface area contributed by atoms with Crippen molar-refractivity contribution in [3.8, 4) is 5.75 Å². The number of methoxy groups -OCH3 is 1. The van der Waals surface area contributed by atoms with Gasteiger partial charge in [-0.25, -0.2) is 4.79 Å². The zero-order chi connectivity index (χ0) is 21.6. The van der Waals surface area contributed by atoms with E-state index < -0.39 is 23.4 Å². The average Bonchev–Trinajstić information content (AvgIpc) is 2.71. The number of hydrogen-bond donors (Lipinski definition) is 0. The Labute approximate surface area is 168 Å². The molecular formula is C20H23N3O6. The second-order valence-corrected chi connectivity index (χ2v) is 6.53. The number of rotatable bonds is 8. The molecule has 0 bridgehead atoms. The highest BCUT2D eigenvalue weighted by atomic mass is 16.6. The van der Waals surface area contributed by atoms with E-state index in [1.807, 2.05) is 43.3 Å². The molecule has 0 aliphatic heterocycles. The maximum atomic E-state index is 12.3. The summed E-state index contributed by atoms with van der Waals surface area (Å²) < 4.78 is 10.1. The van der Waals surface area contributed by atoms with Crippen LogP contribution in [0.5, 0.6) is 5.75 Å². The number of nitro benzene ring substituents is 1. The monoisotopic (exact) mass is 401 g/mol. The number of nitro groups is 1. The lowest BCUT2D eigenvalue weighted by Gasteiger charge is -2.18. The summed E-state index contributed by atoms with van der Waals surface area (Å²) in [6.07, 6.45) is 0. The Morgan fingerprint density at radius 1 is 1.07 bits per heavy atom. The van der Waals surface area contributed by atoms with Crippen LogP contribution >= 0.6 is 0 Å². The minimum atomic E-state index is -0.873. The number of amides is 1. The molecule has 29 heavy (non-hydrogen) atoms. The first-order valence-corrected chi connectivity index (χ1v) is 8.72. The Morgan fingerprint density at radius 2 is 1.72 bits per heavy atom. The summed E-state index contributed by atoms with van der Waals surface area (Å²) in [5, 5.41) is 10.9. The summed E-state index contributed by atoms with van der Waals surface area (Å²) in [5.41, 5.74) is 1.58. The topological polar surface area (TPSA) is 102 Å². The predicted molar refractivity (Wildman–Crippen MR) is 107 cm³/mol. The number of anilines is 1. The summed E-state index contributed by atoms with van der Waals surface area (Å²) >= 11 is 0. The lowest BCUT2D eigenvalue weighted by atomic mass is 10.2. The molecule has 0 aliphatic rings. The van der Waals surface area contributed by atoms with Crippen molar-refractivity contribution < 1.29 is 24.0 Å². The molecule has 9 nitrogen and oxygen atoms in total. The molecule has 0 radical (unpaired) electrons. The number of benzene rings is 2. The van der Waals surface area contributed by atoms with Crippen LogP contribution in [0.2, 0.25) is 0 Å². The Morgan fingerprint density at radius 3 is 2.28 bits per heavy atom. The maximum absolute atomic E-state index is 12.3. The fourth-order valence-corrected chi connectivity index (χ4v) is 2.55. The van der Waals surface area contributed by atoms with Gasteiger partial charge in [0, 0.05) is 45.5 Å². The molecule has 0 aliphatic carbocycles. The van der Waals surface area contributed by atoms with Crippen LogP contribution in [0.3, 0.4) is 0 Å². The number of likely N-dealkylation sites (N-methyl/N-ethyl adjacent to an activating group) is 1. The van der Waals surface area contributed by atoms with Gasteiger partial charge in [-0.1, -0.05) is 12.1 Å². The molecule has 0 aromatic heterocycles. The first kappa shape index (κ1) is 21.7. The number of carbonyl (C=O) groups excluding carboxylic acids is 2. The van der Waals surface area contributed by atoms with Gasteiger partial charge in [0.05, 0.1) is 12.0 Å². The van der Waals surface area contributed by atoms with Gasteiger partial charge in [-0.3, -0.25) is 14.9 Å². The van der Waals surface area contributed by atoms with Gasteiger partial charge in [0.15, 0.2) is 6.61 Å². The smallest absolute Gasteiger partial charge is 0.342 e. The molecule has 2 rings (SSSR count). The van der Waals surface area contributed by atoms with Crippen molar-refractivity contribution in [3.63, 3.8) is 0 Å². The van der Waals surface area contributed by atoms with Gasteiger partial charge in [-0.05, 0) is 23.8 Å². The molecule has 0 saturated carbocycles. The number of nitrogens with zero attached hydrogens (tertiary/aromatic N) is 3. The zero-order valence-corrected chi connectivity index (χ0v) is 16.7. The van der Waals surface area contributed by atoms with Crippen molar-refractivity contribution in [2.45, 2.75) is 6.54 Å². The number of hydrogen-bond acceptors (Lipinski definition) is 7. The van der Waals surface area contributed by atoms with Crippen molar-refractivity contribution in [1.82, 2.24) is 4.90 Å². The number of ether oxygens (including phenoxy) is 2. The van der Waals surface area contributed by atoms with Crippen LogP contribution in [0, 0.1) is 10.1 Å². The van der Waals surface area contributed by atoms with E-state index in [0.717, 1.165) is 17.3 Å². The number of carbonyl (C=O) groups is 2. The minimum Gasteiger partial charge on any atom is -0.496 e. The van der Waals surface area contributed by atoms with E-state index in [4.69, 9.17) is 9.47 Å². The zero-order valence-electron chi connectivity index (χ0n) is 16.7. The normalized spacial score (nSPS) is 10.2. The Kier molecular flexibility index (Phi) is 7.13. The molecule has 1 amide bonds. The lowest BCUT2D eigenvalue weighted by Crippen LogP contribution is -2.30. The third-order valence-electron chi connectivity index (χ3n) is 4.24. The van der Waals surface area contributed by atoms with Crippen molar-refractivity contribution >= 4 is 23.3 Å². The molecule has 9 heteroatoms. The van der Waals surface area contributed by atoms with Gasteiger partial charge in [-0.2, -0.15) is 0 Å². The fourth-order valence-electron chi connectivity index (χ4n) is 2.55. The Balaban J connectivity index is 1.98. The predicted octanol–water partition coefficient (Wildman–Crippen LogP) is 2.48. The van der Waals surface area contributed by atoms with Crippen LogP contribution in [0.25, 0.3) is 0 Å². The molecule has 154 valence electrons. The molecule has 0 spiro atoms. The first-order valence-electron chi connectivity index (χ1n) is 8.72. The summed E-state index contributed by atoms with van der Waals surface area (Å²) in [6, 6.07) is 11.3. The summed E-state index contributed by atoms with van der Waals surface area (Å²) in [4.78, 5) is 38.3. The van der Waals surface area contributed by atoms with Crippen molar-refractivity contribution in [3.05, 3.63) is 63.7 Å². The van der Waals surface area contributed by atoms with Crippen LogP contribution in [0.4, 0.5) is 11.4 Å². The van der Waals surface area contributed by atoms with Crippen molar-refractivity contribution in [2.75, 3.05) is 39.8 Å². The van der Waals surface area contributed by atoms with Gasteiger partial charge >= 0.3 is 5.97 Å². The largest absolute Gasteiger partial charge is 0.496 e. The van der Waals surface area contributed by atoms with E-state index in [1.54, 1.807) is 7.05 Å². The molecule has 0 fully saturated rings. The van der Waals surface area contributed by atoms with Crippen LogP contribution in [-0.2, 0) is 16.1 Å². The molecule has 2 aromatic rings. The summed E-state index contributed by atoms with van der Waals surface area (Å²) in [5.74, 6) is -1.15. The number of non-ortho nitro benzene ring substituents is 1. The highest BCUT2D eigenvalue weighted by Crippen LogP contribution is 2.24. The van der Waals surface area contributed by atoms with Crippen LogP contribution in [0.1, 0.15) is 15.9 Å². The highest BCUT2D eigenvalue weighted by molar-refractivity contribution is 5.94. The summed E-state index contributed by atoms with van der Waals surface area (Å²) in [6.45, 7) is -0.138. The van der Waals surface area contributed by atoms with Crippen molar-refractivity contribution in [1.29, 1.82) is 0 Å². The minimum absolute atomic E-state index is 0.114. The van der Waals surface area contributed by atoms with E-state index >= 15 is 0 Å². The van der Waals surface area contributed by atoms with Gasteiger partial charge in [0.2, 0.25) is 0 Å². The molecular weight excluding hydrogens is 378 g/mol. The quantitative estimate of drug-likeness (QED) is 0.380. The third-order valence-corrected chi connectivity index (χ3v) is 4.24. The molecule has 0 saturated heterocycles. The van der Waals surface area contributed by atoms with Gasteiger partial charge in [0.25, 0.3) is 11.6 Å². The van der Waals surface area contributed by atoms with Gasteiger partial charge in [0.1, 0.15) is 11.3 Å². The Bertz CT molecular complexity index is 896. The van der Waals surface area contributed by atoms with Crippen LogP contribution in [0.15, 0.2) is 42.5 Å². The van der Waals surface area contributed by atoms with E-state index in [1.165, 1.54) is 24.1 Å².